The number of alkyl halides is 1. The summed E-state index contributed by atoms with van der Waals surface area (Å²) in [5, 5.41) is 0. The number of aryl methyl sites for hydroxylation is 1. The van der Waals surface area contributed by atoms with Gasteiger partial charge in [0.1, 0.15) is 23.6 Å². The van der Waals surface area contributed by atoms with Crippen LogP contribution >= 0.6 is 0 Å². The van der Waals surface area contributed by atoms with Gasteiger partial charge in [-0.25, -0.2) is 14.4 Å². The van der Waals surface area contributed by atoms with Gasteiger partial charge < -0.3 is 9.47 Å². The van der Waals surface area contributed by atoms with E-state index < -0.39 is 6.17 Å². The lowest BCUT2D eigenvalue weighted by Crippen LogP contribution is -2.28. The van der Waals surface area contributed by atoms with Crippen molar-refractivity contribution >= 4 is 17.5 Å². The number of aromatic nitrogens is 4. The summed E-state index contributed by atoms with van der Waals surface area (Å²) in [6.07, 6.45) is 22.4. The van der Waals surface area contributed by atoms with E-state index in [2.05, 4.69) is 33.8 Å². The monoisotopic (exact) mass is 696 g/mol. The lowest BCUT2D eigenvalue weighted by atomic mass is 9.77. The molecule has 1 atom stereocenters. The molecule has 0 amide bonds. The number of hydrogen-bond acceptors (Lipinski definition) is 9. The van der Waals surface area contributed by atoms with Crippen LogP contribution in [0.5, 0.6) is 11.8 Å². The number of hydrogen-bond donors (Lipinski definition) is 0. The number of carbonyl (C=O) groups is 3. The van der Waals surface area contributed by atoms with Gasteiger partial charge in [0.15, 0.2) is 5.75 Å². The van der Waals surface area contributed by atoms with E-state index in [0.29, 0.717) is 60.9 Å². The Labute approximate surface area is 299 Å². The van der Waals surface area contributed by atoms with E-state index in [1.165, 1.54) is 25.2 Å². The van der Waals surface area contributed by atoms with Crippen molar-refractivity contribution in [1.29, 1.82) is 0 Å². The number of carbonyl (C=O) groups excluding carboxylic acids is 3. The molecule has 2 heterocycles. The minimum Gasteiger partial charge on any atom is -0.463 e. The molecule has 50 heavy (non-hydrogen) atoms. The van der Waals surface area contributed by atoms with Gasteiger partial charge in [-0.3, -0.25) is 14.4 Å². The van der Waals surface area contributed by atoms with Crippen molar-refractivity contribution in [2.24, 2.45) is 23.7 Å². The third kappa shape index (κ3) is 14.9. The molecule has 2 fully saturated rings. The highest BCUT2D eigenvalue weighted by Crippen LogP contribution is 2.34. The molecule has 0 aliphatic heterocycles. The Morgan fingerprint density at radius 3 is 1.96 bits per heavy atom. The standard InChI is InChI=1S/C20H31FN2O.C20H30N2O4/c1-3-5-6-7-15-13-22-20(23-14-15)12-18(21)16-8-10-17(11-9-16)19(24)4-2;1-3-5-7-18(23)16-10-8-15(9-11-16)14-25-20-21-12-17(13-22-20)26-19(24)6-4-2/h13-14,16-18H,3-12H2,1-2H3;12-13,15-16H,3-11,14H2,1-2H3. The maximum atomic E-state index is 14.6. The lowest BCUT2D eigenvalue weighted by Gasteiger charge is -2.29. The second kappa shape index (κ2) is 23.2. The summed E-state index contributed by atoms with van der Waals surface area (Å²) in [6, 6.07) is 0.293. The molecule has 0 radical (unpaired) electrons. The Balaban J connectivity index is 0.000000271. The molecule has 0 bridgehead atoms. The predicted molar refractivity (Wildman–Crippen MR) is 193 cm³/mol. The Kier molecular flexibility index (Phi) is 19.1. The summed E-state index contributed by atoms with van der Waals surface area (Å²) in [7, 11) is 0. The minimum atomic E-state index is -0.895. The molecule has 2 aromatic heterocycles. The summed E-state index contributed by atoms with van der Waals surface area (Å²) in [4.78, 5) is 52.1. The van der Waals surface area contributed by atoms with Gasteiger partial charge in [-0.05, 0) is 94.4 Å². The first-order chi connectivity index (χ1) is 24.3. The fourth-order valence-electron chi connectivity index (χ4n) is 6.84. The SMILES string of the molecule is CCCCC(=O)C1CCC(COc2ncc(OC(=O)CCC)cn2)CC1.CCCCCc1cnc(CC(F)C2CCC(C(=O)CC)CC2)nc1. The zero-order chi connectivity index (χ0) is 36.1. The molecular weight excluding hydrogens is 635 g/mol. The molecule has 0 N–H and O–H groups in total. The Hall–Kier alpha value is -3.30. The lowest BCUT2D eigenvalue weighted by molar-refractivity contribution is -0.134. The number of Topliss-reactive ketones (excluding diaryl/α,β-unsaturated/α-hetero) is 2. The summed E-state index contributed by atoms with van der Waals surface area (Å²) in [6.45, 7) is 8.70. The van der Waals surface area contributed by atoms with Crippen molar-refractivity contribution in [3.05, 3.63) is 36.2 Å². The highest BCUT2D eigenvalue weighted by atomic mass is 19.1. The van der Waals surface area contributed by atoms with Crippen LogP contribution in [0.2, 0.25) is 0 Å². The Morgan fingerprint density at radius 1 is 0.740 bits per heavy atom. The first kappa shape index (κ1) is 41.1. The van der Waals surface area contributed by atoms with Crippen LogP contribution in [0, 0.1) is 23.7 Å². The molecule has 2 aliphatic carbocycles. The van der Waals surface area contributed by atoms with E-state index in [4.69, 9.17) is 9.47 Å². The molecule has 4 rings (SSSR count). The van der Waals surface area contributed by atoms with Gasteiger partial charge in [-0.15, -0.1) is 0 Å². The fraction of sp³-hybridized carbons (Fsp3) is 0.725. The van der Waals surface area contributed by atoms with E-state index in [9.17, 15) is 18.8 Å². The molecule has 2 aromatic rings. The van der Waals surface area contributed by atoms with Crippen molar-refractivity contribution in [1.82, 2.24) is 19.9 Å². The second-order valence-electron chi connectivity index (χ2n) is 14.1. The molecule has 0 spiro atoms. The molecule has 2 saturated carbocycles. The molecule has 1 unspecified atom stereocenters. The molecule has 0 aromatic carbocycles. The number of ketones is 2. The van der Waals surface area contributed by atoms with Crippen LogP contribution in [-0.2, 0) is 27.2 Å². The van der Waals surface area contributed by atoms with Crippen LogP contribution in [0.25, 0.3) is 0 Å². The summed E-state index contributed by atoms with van der Waals surface area (Å²) >= 11 is 0. The number of ether oxygens (including phenoxy) is 2. The second-order valence-corrected chi connectivity index (χ2v) is 14.1. The van der Waals surface area contributed by atoms with Crippen molar-refractivity contribution in [3.8, 4) is 11.8 Å². The average Bonchev–Trinajstić information content (AvgIpc) is 3.14. The first-order valence-corrected chi connectivity index (χ1v) is 19.4. The van der Waals surface area contributed by atoms with Crippen LogP contribution in [-0.4, -0.2) is 50.3 Å². The van der Waals surface area contributed by atoms with Crippen molar-refractivity contribution < 1.29 is 28.2 Å². The quantitative estimate of drug-likeness (QED) is 0.105. The fourth-order valence-corrected chi connectivity index (χ4v) is 6.84. The normalized spacial score (nSPS) is 21.0. The first-order valence-electron chi connectivity index (χ1n) is 19.4. The van der Waals surface area contributed by atoms with Gasteiger partial charge in [0.25, 0.3) is 0 Å². The van der Waals surface area contributed by atoms with E-state index in [0.717, 1.165) is 95.5 Å². The van der Waals surface area contributed by atoms with Crippen LogP contribution in [0.3, 0.4) is 0 Å². The average molecular weight is 697 g/mol. The Morgan fingerprint density at radius 2 is 1.36 bits per heavy atom. The number of nitrogens with zero attached hydrogens (tertiary/aromatic N) is 4. The van der Waals surface area contributed by atoms with Gasteiger partial charge >= 0.3 is 12.0 Å². The largest absolute Gasteiger partial charge is 0.463 e. The summed E-state index contributed by atoms with van der Waals surface area (Å²) in [5.41, 5.74) is 1.14. The number of rotatable bonds is 19. The zero-order valence-electron chi connectivity index (χ0n) is 31.0. The number of halogens is 1. The van der Waals surface area contributed by atoms with Crippen LogP contribution in [0.4, 0.5) is 4.39 Å². The third-order valence-corrected chi connectivity index (χ3v) is 10.1. The Bertz CT molecular complexity index is 1260. The minimum absolute atomic E-state index is 0.0544. The van der Waals surface area contributed by atoms with Crippen molar-refractivity contribution in [2.45, 2.75) is 156 Å². The highest BCUT2D eigenvalue weighted by Gasteiger charge is 2.30. The summed E-state index contributed by atoms with van der Waals surface area (Å²) < 4.78 is 25.3. The van der Waals surface area contributed by atoms with E-state index in [1.54, 1.807) is 0 Å². The molecular formula is C40H61FN4O5. The van der Waals surface area contributed by atoms with Gasteiger partial charge in [-0.1, -0.05) is 47.0 Å². The van der Waals surface area contributed by atoms with Gasteiger partial charge in [0, 0.05) is 49.9 Å². The zero-order valence-corrected chi connectivity index (χ0v) is 31.0. The van der Waals surface area contributed by atoms with Crippen LogP contribution < -0.4 is 9.47 Å². The number of unbranched alkanes of at least 4 members (excludes halogenated alkanes) is 3. The van der Waals surface area contributed by atoms with Gasteiger partial charge in [-0.2, -0.15) is 9.97 Å². The van der Waals surface area contributed by atoms with Gasteiger partial charge in [0.05, 0.1) is 19.0 Å². The molecule has 278 valence electrons. The van der Waals surface area contributed by atoms with Crippen molar-refractivity contribution in [3.63, 3.8) is 0 Å². The topological polar surface area (TPSA) is 121 Å². The predicted octanol–water partition coefficient (Wildman–Crippen LogP) is 9.00. The van der Waals surface area contributed by atoms with Crippen molar-refractivity contribution in [2.75, 3.05) is 6.61 Å². The van der Waals surface area contributed by atoms with E-state index in [-0.39, 0.29) is 23.7 Å². The van der Waals surface area contributed by atoms with Crippen LogP contribution in [0.15, 0.2) is 24.8 Å². The smallest absolute Gasteiger partial charge is 0.316 e. The van der Waals surface area contributed by atoms with E-state index in [1.807, 2.05) is 26.2 Å². The highest BCUT2D eigenvalue weighted by molar-refractivity contribution is 5.81. The molecule has 9 nitrogen and oxygen atoms in total. The van der Waals surface area contributed by atoms with E-state index >= 15 is 0 Å². The molecule has 0 saturated heterocycles. The third-order valence-electron chi connectivity index (χ3n) is 10.1. The molecule has 10 heteroatoms. The number of esters is 1. The molecule has 2 aliphatic rings. The maximum Gasteiger partial charge on any atom is 0.316 e. The maximum absolute atomic E-state index is 14.6. The van der Waals surface area contributed by atoms with Gasteiger partial charge in [0.2, 0.25) is 0 Å². The summed E-state index contributed by atoms with van der Waals surface area (Å²) in [5.74, 6) is 2.33. The van der Waals surface area contributed by atoms with Crippen LogP contribution in [0.1, 0.15) is 148 Å².